The van der Waals surface area contributed by atoms with Crippen molar-refractivity contribution in [2.24, 2.45) is 5.16 Å². The van der Waals surface area contributed by atoms with Gasteiger partial charge in [-0.25, -0.2) is 9.67 Å². The SMILES string of the molecule is N#C/C(Cn1cncn1)=N/O. The molecule has 1 rings (SSSR count). The fraction of sp³-hybridized carbons (Fsp3) is 0.200. The van der Waals surface area contributed by atoms with Gasteiger partial charge in [-0.1, -0.05) is 5.16 Å². The highest BCUT2D eigenvalue weighted by Gasteiger charge is 1.98. The van der Waals surface area contributed by atoms with E-state index in [-0.39, 0.29) is 12.3 Å². The lowest BCUT2D eigenvalue weighted by atomic mass is 10.4. The Morgan fingerprint density at radius 3 is 3.09 bits per heavy atom. The first kappa shape index (κ1) is 7.21. The molecule has 0 aromatic carbocycles. The van der Waals surface area contributed by atoms with Gasteiger partial charge < -0.3 is 5.21 Å². The van der Waals surface area contributed by atoms with Crippen LogP contribution in [0.4, 0.5) is 0 Å². The normalized spacial score (nSPS) is 11.0. The lowest BCUT2D eigenvalue weighted by molar-refractivity contribution is 0.317. The van der Waals surface area contributed by atoms with E-state index in [1.807, 2.05) is 0 Å². The number of hydrogen-bond acceptors (Lipinski definition) is 5. The van der Waals surface area contributed by atoms with Crippen molar-refractivity contribution in [1.29, 1.82) is 5.26 Å². The van der Waals surface area contributed by atoms with Gasteiger partial charge in [-0.05, 0) is 0 Å². The monoisotopic (exact) mass is 151 g/mol. The first-order chi connectivity index (χ1) is 5.36. The van der Waals surface area contributed by atoms with Crippen LogP contribution in [0, 0.1) is 11.3 Å². The summed E-state index contributed by atoms with van der Waals surface area (Å²) in [6.07, 6.45) is 2.77. The zero-order valence-corrected chi connectivity index (χ0v) is 5.55. The van der Waals surface area contributed by atoms with E-state index < -0.39 is 0 Å². The average molecular weight is 151 g/mol. The number of aromatic nitrogens is 3. The topological polar surface area (TPSA) is 87.1 Å². The van der Waals surface area contributed by atoms with Gasteiger partial charge >= 0.3 is 0 Å². The van der Waals surface area contributed by atoms with Gasteiger partial charge in [0, 0.05) is 0 Å². The zero-order valence-electron chi connectivity index (χ0n) is 5.55. The van der Waals surface area contributed by atoms with E-state index in [0.29, 0.717) is 0 Å². The molecule has 6 heteroatoms. The van der Waals surface area contributed by atoms with Gasteiger partial charge in [0.15, 0.2) is 5.71 Å². The summed E-state index contributed by atoms with van der Waals surface area (Å²) >= 11 is 0. The molecular weight excluding hydrogens is 146 g/mol. The lowest BCUT2D eigenvalue weighted by Crippen LogP contribution is -2.08. The molecule has 0 aliphatic carbocycles. The molecule has 0 unspecified atom stereocenters. The van der Waals surface area contributed by atoms with Crippen LogP contribution < -0.4 is 0 Å². The highest BCUT2D eigenvalue weighted by atomic mass is 16.4. The number of nitriles is 1. The summed E-state index contributed by atoms with van der Waals surface area (Å²) in [6, 6.07) is 1.70. The Bertz CT molecular complexity index is 282. The van der Waals surface area contributed by atoms with Crippen molar-refractivity contribution in [3.8, 4) is 6.07 Å². The van der Waals surface area contributed by atoms with Crippen LogP contribution in [-0.4, -0.2) is 25.7 Å². The fourth-order valence-electron chi connectivity index (χ4n) is 0.557. The predicted octanol–water partition coefficient (Wildman–Crippen LogP) is -0.368. The van der Waals surface area contributed by atoms with E-state index >= 15 is 0 Å². The van der Waals surface area contributed by atoms with Crippen molar-refractivity contribution >= 4 is 5.71 Å². The number of rotatable bonds is 2. The molecule has 0 radical (unpaired) electrons. The van der Waals surface area contributed by atoms with Crippen molar-refractivity contribution in [3.05, 3.63) is 12.7 Å². The summed E-state index contributed by atoms with van der Waals surface area (Å²) in [4.78, 5) is 3.65. The quantitative estimate of drug-likeness (QED) is 0.355. The van der Waals surface area contributed by atoms with Crippen LogP contribution in [-0.2, 0) is 6.54 Å². The van der Waals surface area contributed by atoms with Crippen LogP contribution in [0.25, 0.3) is 0 Å². The van der Waals surface area contributed by atoms with Gasteiger partial charge in [0.2, 0.25) is 0 Å². The first-order valence-corrected chi connectivity index (χ1v) is 2.80. The molecule has 1 aromatic heterocycles. The summed E-state index contributed by atoms with van der Waals surface area (Å²) < 4.78 is 1.39. The number of oxime groups is 1. The molecule has 0 amide bonds. The molecule has 0 fully saturated rings. The summed E-state index contributed by atoms with van der Waals surface area (Å²) in [5.74, 6) is 0. The van der Waals surface area contributed by atoms with Crippen molar-refractivity contribution in [1.82, 2.24) is 14.8 Å². The minimum absolute atomic E-state index is 0.00417. The second kappa shape index (κ2) is 3.31. The molecule has 1 heterocycles. The molecule has 56 valence electrons. The number of hydrogen-bond donors (Lipinski definition) is 1. The largest absolute Gasteiger partial charge is 0.410 e. The van der Waals surface area contributed by atoms with Gasteiger partial charge in [-0.2, -0.15) is 10.4 Å². The Hall–Kier alpha value is -1.90. The molecule has 6 nitrogen and oxygen atoms in total. The molecule has 0 aliphatic rings. The maximum atomic E-state index is 8.32. The molecule has 1 N–H and O–H groups in total. The maximum absolute atomic E-state index is 8.32. The minimum Gasteiger partial charge on any atom is -0.410 e. The molecule has 0 saturated carbocycles. The fourth-order valence-corrected chi connectivity index (χ4v) is 0.557. The summed E-state index contributed by atoms with van der Waals surface area (Å²) in [7, 11) is 0. The second-order valence-electron chi connectivity index (χ2n) is 1.75. The van der Waals surface area contributed by atoms with Gasteiger partial charge in [-0.15, -0.1) is 0 Å². The van der Waals surface area contributed by atoms with Crippen LogP contribution in [0.5, 0.6) is 0 Å². The Labute approximate surface area is 62.4 Å². The van der Waals surface area contributed by atoms with Crippen LogP contribution in [0.2, 0.25) is 0 Å². The molecular formula is C5H5N5O. The van der Waals surface area contributed by atoms with Crippen molar-refractivity contribution < 1.29 is 5.21 Å². The molecule has 0 atom stereocenters. The summed E-state index contributed by atoms with van der Waals surface area (Å²) in [5, 5.41) is 23.0. The van der Waals surface area contributed by atoms with Crippen molar-refractivity contribution in [2.45, 2.75) is 6.54 Å². The second-order valence-corrected chi connectivity index (χ2v) is 1.75. The maximum Gasteiger partial charge on any atom is 0.178 e. The summed E-state index contributed by atoms with van der Waals surface area (Å²) in [5.41, 5.74) is -0.00417. The Balaban J connectivity index is 2.65. The first-order valence-electron chi connectivity index (χ1n) is 2.80. The third-order valence-electron chi connectivity index (χ3n) is 1.03. The molecule has 11 heavy (non-hydrogen) atoms. The van der Waals surface area contributed by atoms with Gasteiger partial charge in [0.25, 0.3) is 0 Å². The van der Waals surface area contributed by atoms with E-state index in [9.17, 15) is 0 Å². The van der Waals surface area contributed by atoms with Crippen LogP contribution in [0.15, 0.2) is 17.8 Å². The zero-order chi connectivity index (χ0) is 8.10. The standard InChI is InChI=1S/C5H5N5O/c6-1-5(9-11)2-10-4-7-3-8-10/h3-4,11H,2H2/b9-5-. The van der Waals surface area contributed by atoms with Crippen LogP contribution in [0.3, 0.4) is 0 Å². The van der Waals surface area contributed by atoms with Gasteiger partial charge in [0.1, 0.15) is 18.7 Å². The van der Waals surface area contributed by atoms with E-state index in [2.05, 4.69) is 15.2 Å². The third-order valence-corrected chi connectivity index (χ3v) is 1.03. The number of nitrogens with zero attached hydrogens (tertiary/aromatic N) is 5. The van der Waals surface area contributed by atoms with Crippen molar-refractivity contribution in [3.63, 3.8) is 0 Å². The Kier molecular flexibility index (Phi) is 2.17. The van der Waals surface area contributed by atoms with E-state index in [1.165, 1.54) is 17.3 Å². The highest BCUT2D eigenvalue weighted by Crippen LogP contribution is 1.83. The molecule has 1 aromatic rings. The Morgan fingerprint density at radius 2 is 2.64 bits per heavy atom. The van der Waals surface area contributed by atoms with Crippen LogP contribution >= 0.6 is 0 Å². The van der Waals surface area contributed by atoms with Crippen molar-refractivity contribution in [2.75, 3.05) is 0 Å². The Morgan fingerprint density at radius 1 is 1.82 bits per heavy atom. The third kappa shape index (κ3) is 1.76. The molecule has 0 spiro atoms. The van der Waals surface area contributed by atoms with E-state index in [1.54, 1.807) is 6.07 Å². The smallest absolute Gasteiger partial charge is 0.178 e. The molecule has 0 saturated heterocycles. The minimum atomic E-state index is -0.00417. The molecule has 0 aliphatic heterocycles. The van der Waals surface area contributed by atoms with E-state index in [4.69, 9.17) is 10.5 Å². The summed E-state index contributed by atoms with van der Waals surface area (Å²) in [6.45, 7) is 0.146. The van der Waals surface area contributed by atoms with E-state index in [0.717, 1.165) is 0 Å². The highest BCUT2D eigenvalue weighted by molar-refractivity contribution is 5.97. The lowest BCUT2D eigenvalue weighted by Gasteiger charge is -1.92. The van der Waals surface area contributed by atoms with Crippen LogP contribution in [0.1, 0.15) is 0 Å². The average Bonchev–Trinajstić information content (AvgIpc) is 2.52. The molecule has 0 bridgehead atoms. The van der Waals surface area contributed by atoms with Gasteiger partial charge in [-0.3, -0.25) is 0 Å². The predicted molar refractivity (Wildman–Crippen MR) is 34.9 cm³/mol. The van der Waals surface area contributed by atoms with Gasteiger partial charge in [0.05, 0.1) is 6.54 Å².